The molecule has 0 aliphatic heterocycles. The molecule has 1 N–H and O–H groups in total. The van der Waals surface area contributed by atoms with Crippen molar-refractivity contribution in [1.29, 1.82) is 0 Å². The molecular weight excluding hydrogens is 360 g/mol. The summed E-state index contributed by atoms with van der Waals surface area (Å²) in [5, 5.41) is 7.91. The topological polar surface area (TPSA) is 85.1 Å². The molecule has 1 aliphatic carbocycles. The summed E-state index contributed by atoms with van der Waals surface area (Å²) in [6, 6.07) is 4.12. The molecule has 0 bridgehead atoms. The maximum Gasteiger partial charge on any atom is 0.229 e. The predicted octanol–water partition coefficient (Wildman–Crippen LogP) is 3.62. The van der Waals surface area contributed by atoms with Gasteiger partial charge in [-0.25, -0.2) is 14.5 Å². The molecule has 0 aromatic carbocycles. The van der Waals surface area contributed by atoms with Crippen molar-refractivity contribution in [2.24, 2.45) is 5.92 Å². The van der Waals surface area contributed by atoms with Gasteiger partial charge in [-0.3, -0.25) is 9.78 Å². The number of thiazole rings is 1. The fraction of sp³-hybridized carbons (Fsp3) is 0.316. The van der Waals surface area contributed by atoms with Gasteiger partial charge in [0.25, 0.3) is 0 Å². The van der Waals surface area contributed by atoms with Gasteiger partial charge >= 0.3 is 0 Å². The largest absolute Gasteiger partial charge is 0.302 e. The Labute approximate surface area is 159 Å². The first-order chi connectivity index (χ1) is 13.1. The summed E-state index contributed by atoms with van der Waals surface area (Å²) >= 11 is 1.42. The number of aryl methyl sites for hydroxylation is 2. The Hall–Kier alpha value is -2.87. The van der Waals surface area contributed by atoms with Gasteiger partial charge in [0.2, 0.25) is 5.91 Å². The molecule has 27 heavy (non-hydrogen) atoms. The number of anilines is 1. The van der Waals surface area contributed by atoms with E-state index >= 15 is 0 Å². The van der Waals surface area contributed by atoms with Crippen LogP contribution < -0.4 is 5.32 Å². The van der Waals surface area contributed by atoms with Gasteiger partial charge < -0.3 is 5.32 Å². The smallest absolute Gasteiger partial charge is 0.229 e. The zero-order valence-electron chi connectivity index (χ0n) is 15.1. The van der Waals surface area contributed by atoms with Crippen LogP contribution in [-0.4, -0.2) is 30.5 Å². The van der Waals surface area contributed by atoms with E-state index in [1.165, 1.54) is 11.3 Å². The number of pyridine rings is 2. The van der Waals surface area contributed by atoms with Crippen molar-refractivity contribution in [1.82, 2.24) is 24.6 Å². The van der Waals surface area contributed by atoms with Gasteiger partial charge in [0.1, 0.15) is 16.7 Å². The van der Waals surface area contributed by atoms with E-state index in [2.05, 4.69) is 45.3 Å². The number of hydrogen-bond donors (Lipinski definition) is 1. The van der Waals surface area contributed by atoms with Crippen LogP contribution in [0.25, 0.3) is 27.1 Å². The molecule has 4 aromatic rings. The summed E-state index contributed by atoms with van der Waals surface area (Å²) in [6.45, 7) is 4.17. The third-order valence-electron chi connectivity index (χ3n) is 4.89. The molecule has 1 saturated carbocycles. The molecule has 1 aliphatic rings. The number of carbonyl (C=O) groups excluding carboxylic acids is 1. The highest BCUT2D eigenvalue weighted by Gasteiger charge is 2.30. The average molecular weight is 378 g/mol. The lowest BCUT2D eigenvalue weighted by Crippen LogP contribution is -2.12. The standard InChI is InChI=1S/C19H18N6OS/c1-3-12-6-10(2)14(8-20-12)13-7-15-18(25-16(13)21-9-22-25)27-19(23-15)24-17(26)11-4-5-11/h6-9,11H,3-5H2,1-2H3,(H,23,24,26). The second kappa shape index (κ2) is 6.09. The van der Waals surface area contributed by atoms with Crippen LogP contribution in [0.1, 0.15) is 31.0 Å². The number of aromatic nitrogens is 5. The molecule has 4 heterocycles. The van der Waals surface area contributed by atoms with Gasteiger partial charge in [0, 0.05) is 28.9 Å². The zero-order valence-corrected chi connectivity index (χ0v) is 15.9. The Kier molecular flexibility index (Phi) is 3.68. The molecule has 1 amide bonds. The maximum atomic E-state index is 12.1. The number of hydrogen-bond acceptors (Lipinski definition) is 6. The maximum absolute atomic E-state index is 12.1. The van der Waals surface area contributed by atoms with Crippen LogP contribution in [0.5, 0.6) is 0 Å². The normalized spacial score (nSPS) is 14.1. The SMILES string of the molecule is CCc1cc(C)c(-c2cc3nc(NC(=O)C4CC4)sc3n3ncnc23)cn1. The van der Waals surface area contributed by atoms with Crippen LogP contribution in [0, 0.1) is 12.8 Å². The highest BCUT2D eigenvalue weighted by Crippen LogP contribution is 2.35. The van der Waals surface area contributed by atoms with E-state index in [0.717, 1.165) is 57.6 Å². The molecule has 0 atom stereocenters. The summed E-state index contributed by atoms with van der Waals surface area (Å²) in [5.74, 6) is 0.198. The number of amides is 1. The zero-order chi connectivity index (χ0) is 18.5. The van der Waals surface area contributed by atoms with Crippen LogP contribution in [0.3, 0.4) is 0 Å². The third-order valence-corrected chi connectivity index (χ3v) is 5.86. The summed E-state index contributed by atoms with van der Waals surface area (Å²) in [5.41, 5.74) is 5.72. The molecule has 1 fully saturated rings. The Morgan fingerprint density at radius 2 is 2.15 bits per heavy atom. The monoisotopic (exact) mass is 378 g/mol. The van der Waals surface area contributed by atoms with E-state index < -0.39 is 0 Å². The minimum absolute atomic E-state index is 0.0549. The minimum atomic E-state index is 0.0549. The fourth-order valence-electron chi connectivity index (χ4n) is 3.24. The van der Waals surface area contributed by atoms with Crippen molar-refractivity contribution >= 4 is 38.4 Å². The molecular formula is C19H18N6OS. The van der Waals surface area contributed by atoms with Gasteiger partial charge in [0.05, 0.1) is 0 Å². The quantitative estimate of drug-likeness (QED) is 0.586. The van der Waals surface area contributed by atoms with Gasteiger partial charge in [-0.1, -0.05) is 18.3 Å². The summed E-state index contributed by atoms with van der Waals surface area (Å²) in [6.07, 6.45) is 6.27. The first-order valence-corrected chi connectivity index (χ1v) is 9.85. The first-order valence-electron chi connectivity index (χ1n) is 9.04. The van der Waals surface area contributed by atoms with Crippen LogP contribution in [0.15, 0.2) is 24.7 Å². The molecule has 4 aromatic heterocycles. The van der Waals surface area contributed by atoms with Crippen LogP contribution in [-0.2, 0) is 11.2 Å². The first kappa shape index (κ1) is 16.3. The van der Waals surface area contributed by atoms with Crippen molar-refractivity contribution in [2.75, 3.05) is 5.32 Å². The highest BCUT2D eigenvalue weighted by molar-refractivity contribution is 7.22. The van der Waals surface area contributed by atoms with E-state index in [1.807, 2.05) is 12.3 Å². The van der Waals surface area contributed by atoms with Gasteiger partial charge in [-0.05, 0) is 43.9 Å². The van der Waals surface area contributed by atoms with E-state index in [9.17, 15) is 4.79 Å². The molecule has 7 nitrogen and oxygen atoms in total. The summed E-state index contributed by atoms with van der Waals surface area (Å²) < 4.78 is 1.79. The Morgan fingerprint density at radius 3 is 2.89 bits per heavy atom. The number of carbonyl (C=O) groups is 1. The number of nitrogens with one attached hydrogen (secondary N) is 1. The number of rotatable bonds is 4. The van der Waals surface area contributed by atoms with Crippen LogP contribution in [0.4, 0.5) is 5.13 Å². The van der Waals surface area contributed by atoms with Crippen molar-refractivity contribution in [2.45, 2.75) is 33.1 Å². The lowest BCUT2D eigenvalue weighted by Gasteiger charge is -2.08. The van der Waals surface area contributed by atoms with Crippen molar-refractivity contribution in [3.8, 4) is 11.1 Å². The predicted molar refractivity (Wildman–Crippen MR) is 105 cm³/mol. The molecule has 5 rings (SSSR count). The fourth-order valence-corrected chi connectivity index (χ4v) is 4.15. The number of fused-ring (bicyclic) bond motifs is 3. The van der Waals surface area contributed by atoms with E-state index in [1.54, 1.807) is 10.8 Å². The van der Waals surface area contributed by atoms with E-state index in [4.69, 9.17) is 0 Å². The van der Waals surface area contributed by atoms with Crippen molar-refractivity contribution in [3.63, 3.8) is 0 Å². The van der Waals surface area contributed by atoms with Gasteiger partial charge in [-0.2, -0.15) is 5.10 Å². The second-order valence-corrected chi connectivity index (χ2v) is 7.85. The Bertz CT molecular complexity index is 1190. The van der Waals surface area contributed by atoms with E-state index in [0.29, 0.717) is 5.13 Å². The van der Waals surface area contributed by atoms with Gasteiger partial charge in [0.15, 0.2) is 10.8 Å². The number of nitrogens with zero attached hydrogens (tertiary/aromatic N) is 5. The molecule has 0 spiro atoms. The lowest BCUT2D eigenvalue weighted by atomic mass is 10.0. The molecule has 0 saturated heterocycles. The van der Waals surface area contributed by atoms with Gasteiger partial charge in [-0.15, -0.1) is 0 Å². The average Bonchev–Trinajstić information content (AvgIpc) is 3.26. The summed E-state index contributed by atoms with van der Waals surface area (Å²) in [7, 11) is 0. The minimum Gasteiger partial charge on any atom is -0.302 e. The van der Waals surface area contributed by atoms with E-state index in [-0.39, 0.29) is 11.8 Å². The van der Waals surface area contributed by atoms with Crippen molar-refractivity contribution < 1.29 is 4.79 Å². The Morgan fingerprint density at radius 1 is 1.30 bits per heavy atom. The summed E-state index contributed by atoms with van der Waals surface area (Å²) in [4.78, 5) is 26.6. The Balaban J connectivity index is 1.66. The molecule has 136 valence electrons. The third kappa shape index (κ3) is 2.76. The highest BCUT2D eigenvalue weighted by atomic mass is 32.1. The lowest BCUT2D eigenvalue weighted by molar-refractivity contribution is -0.117. The van der Waals surface area contributed by atoms with Crippen LogP contribution in [0.2, 0.25) is 0 Å². The van der Waals surface area contributed by atoms with Crippen LogP contribution >= 0.6 is 11.3 Å². The van der Waals surface area contributed by atoms with Crippen molar-refractivity contribution in [3.05, 3.63) is 35.9 Å². The molecule has 0 unspecified atom stereocenters. The molecule has 8 heteroatoms. The second-order valence-electron chi connectivity index (χ2n) is 6.87. The molecule has 0 radical (unpaired) electrons.